The standard InChI is InChI=1S/C10H13N5/c11-5-8-3-4-13-10(15-8)14-6-9(12)7-1-2-7/h3-4,7,9H,1-2,6,12H2,(H,13,14,15). The summed E-state index contributed by atoms with van der Waals surface area (Å²) in [5.74, 6) is 1.13. The second-order valence-electron chi connectivity index (χ2n) is 3.76. The van der Waals surface area contributed by atoms with Crippen LogP contribution < -0.4 is 11.1 Å². The summed E-state index contributed by atoms with van der Waals surface area (Å²) >= 11 is 0. The average molecular weight is 203 g/mol. The maximum atomic E-state index is 8.64. The largest absolute Gasteiger partial charge is 0.353 e. The first kappa shape index (κ1) is 9.87. The highest BCUT2D eigenvalue weighted by molar-refractivity contribution is 5.30. The van der Waals surface area contributed by atoms with Crippen molar-refractivity contribution in [1.82, 2.24) is 9.97 Å². The van der Waals surface area contributed by atoms with Gasteiger partial charge in [0.25, 0.3) is 0 Å². The molecule has 1 aromatic heterocycles. The third-order valence-electron chi connectivity index (χ3n) is 2.49. The van der Waals surface area contributed by atoms with E-state index in [1.165, 1.54) is 12.8 Å². The zero-order valence-corrected chi connectivity index (χ0v) is 8.35. The highest BCUT2D eigenvalue weighted by Crippen LogP contribution is 2.31. The minimum absolute atomic E-state index is 0.166. The smallest absolute Gasteiger partial charge is 0.223 e. The van der Waals surface area contributed by atoms with Gasteiger partial charge in [-0.3, -0.25) is 0 Å². The van der Waals surface area contributed by atoms with Crippen molar-refractivity contribution in [3.8, 4) is 6.07 Å². The molecule has 0 spiro atoms. The molecular weight excluding hydrogens is 190 g/mol. The van der Waals surface area contributed by atoms with E-state index in [0.29, 0.717) is 24.1 Å². The number of nitrogens with one attached hydrogen (secondary N) is 1. The topological polar surface area (TPSA) is 87.6 Å². The van der Waals surface area contributed by atoms with Crippen LogP contribution in [0.5, 0.6) is 0 Å². The zero-order valence-electron chi connectivity index (χ0n) is 8.35. The van der Waals surface area contributed by atoms with Crippen LogP contribution in [0.25, 0.3) is 0 Å². The molecule has 0 radical (unpaired) electrons. The van der Waals surface area contributed by atoms with Crippen LogP contribution in [0.2, 0.25) is 0 Å². The Morgan fingerprint density at radius 3 is 3.13 bits per heavy atom. The van der Waals surface area contributed by atoms with Gasteiger partial charge in [0.2, 0.25) is 5.95 Å². The first-order chi connectivity index (χ1) is 7.29. The van der Waals surface area contributed by atoms with E-state index in [0.717, 1.165) is 0 Å². The van der Waals surface area contributed by atoms with Crippen LogP contribution in [0.1, 0.15) is 18.5 Å². The molecule has 1 saturated carbocycles. The molecule has 0 bridgehead atoms. The van der Waals surface area contributed by atoms with E-state index in [4.69, 9.17) is 11.0 Å². The quantitative estimate of drug-likeness (QED) is 0.743. The van der Waals surface area contributed by atoms with Crippen LogP contribution >= 0.6 is 0 Å². The predicted octanol–water partition coefficient (Wildman–Crippen LogP) is 0.497. The summed E-state index contributed by atoms with van der Waals surface area (Å²) in [7, 11) is 0. The maximum Gasteiger partial charge on any atom is 0.223 e. The number of rotatable bonds is 4. The summed E-state index contributed by atoms with van der Waals surface area (Å²) in [4.78, 5) is 8.01. The molecule has 1 aliphatic carbocycles. The van der Waals surface area contributed by atoms with Gasteiger partial charge < -0.3 is 11.1 Å². The zero-order chi connectivity index (χ0) is 10.7. The van der Waals surface area contributed by atoms with E-state index in [1.54, 1.807) is 12.3 Å². The van der Waals surface area contributed by atoms with Crippen molar-refractivity contribution in [3.05, 3.63) is 18.0 Å². The molecule has 5 nitrogen and oxygen atoms in total. The maximum absolute atomic E-state index is 8.64. The van der Waals surface area contributed by atoms with Crippen molar-refractivity contribution in [1.29, 1.82) is 5.26 Å². The van der Waals surface area contributed by atoms with Crippen LogP contribution in [0.4, 0.5) is 5.95 Å². The van der Waals surface area contributed by atoms with Gasteiger partial charge in [-0.2, -0.15) is 5.26 Å². The molecule has 5 heteroatoms. The summed E-state index contributed by atoms with van der Waals surface area (Å²) in [5.41, 5.74) is 6.28. The van der Waals surface area contributed by atoms with Crippen molar-refractivity contribution in [2.24, 2.45) is 11.7 Å². The van der Waals surface area contributed by atoms with Gasteiger partial charge in [-0.05, 0) is 24.8 Å². The molecule has 0 saturated heterocycles. The van der Waals surface area contributed by atoms with E-state index in [-0.39, 0.29) is 6.04 Å². The van der Waals surface area contributed by atoms with E-state index in [1.807, 2.05) is 6.07 Å². The average Bonchev–Trinajstić information content (AvgIpc) is 3.10. The molecule has 0 aromatic carbocycles. The summed E-state index contributed by atoms with van der Waals surface area (Å²) in [6.07, 6.45) is 4.01. The van der Waals surface area contributed by atoms with E-state index in [9.17, 15) is 0 Å². The van der Waals surface area contributed by atoms with Gasteiger partial charge in [0.1, 0.15) is 11.8 Å². The minimum Gasteiger partial charge on any atom is -0.353 e. The highest BCUT2D eigenvalue weighted by atomic mass is 15.1. The predicted molar refractivity (Wildman–Crippen MR) is 55.9 cm³/mol. The molecule has 1 atom stereocenters. The summed E-state index contributed by atoms with van der Waals surface area (Å²) < 4.78 is 0. The Kier molecular flexibility index (Phi) is 2.79. The van der Waals surface area contributed by atoms with Gasteiger partial charge in [-0.15, -0.1) is 0 Å². The van der Waals surface area contributed by atoms with E-state index >= 15 is 0 Å². The third kappa shape index (κ3) is 2.64. The Hall–Kier alpha value is -1.67. The van der Waals surface area contributed by atoms with Crippen LogP contribution in [0.3, 0.4) is 0 Å². The lowest BCUT2D eigenvalue weighted by Crippen LogP contribution is -2.31. The number of hydrogen-bond acceptors (Lipinski definition) is 5. The molecule has 1 heterocycles. The van der Waals surface area contributed by atoms with Crippen LogP contribution in [-0.2, 0) is 0 Å². The van der Waals surface area contributed by atoms with Gasteiger partial charge in [-0.1, -0.05) is 0 Å². The Morgan fingerprint density at radius 2 is 2.47 bits per heavy atom. The number of aromatic nitrogens is 2. The van der Waals surface area contributed by atoms with Gasteiger partial charge in [-0.25, -0.2) is 9.97 Å². The van der Waals surface area contributed by atoms with Gasteiger partial charge in [0, 0.05) is 18.8 Å². The SMILES string of the molecule is N#Cc1ccnc(NCC(N)C2CC2)n1. The van der Waals surface area contributed by atoms with Crippen LogP contribution in [0, 0.1) is 17.2 Å². The van der Waals surface area contributed by atoms with Crippen LogP contribution in [-0.4, -0.2) is 22.6 Å². The molecule has 1 fully saturated rings. The Labute approximate surface area is 88.3 Å². The molecule has 78 valence electrons. The summed E-state index contributed by atoms with van der Waals surface area (Å²) in [6, 6.07) is 3.71. The lowest BCUT2D eigenvalue weighted by atomic mass is 10.2. The number of anilines is 1. The Morgan fingerprint density at radius 1 is 1.67 bits per heavy atom. The second-order valence-corrected chi connectivity index (χ2v) is 3.76. The molecule has 2 rings (SSSR count). The summed E-state index contributed by atoms with van der Waals surface area (Å²) in [6.45, 7) is 0.666. The molecule has 1 aromatic rings. The number of nitriles is 1. The van der Waals surface area contributed by atoms with Crippen molar-refractivity contribution in [2.45, 2.75) is 18.9 Å². The molecule has 0 aliphatic heterocycles. The lowest BCUT2D eigenvalue weighted by molar-refractivity contribution is 0.618. The minimum atomic E-state index is 0.166. The highest BCUT2D eigenvalue weighted by Gasteiger charge is 2.28. The normalized spacial score (nSPS) is 16.8. The van der Waals surface area contributed by atoms with Crippen molar-refractivity contribution in [3.63, 3.8) is 0 Å². The number of nitrogens with two attached hydrogens (primary N) is 1. The number of nitrogens with zero attached hydrogens (tertiary/aromatic N) is 3. The van der Waals surface area contributed by atoms with Gasteiger partial charge in [0.15, 0.2) is 0 Å². The Balaban J connectivity index is 1.89. The third-order valence-corrected chi connectivity index (χ3v) is 2.49. The molecule has 1 unspecified atom stereocenters. The molecule has 0 amide bonds. The lowest BCUT2D eigenvalue weighted by Gasteiger charge is -2.10. The van der Waals surface area contributed by atoms with Gasteiger partial charge >= 0.3 is 0 Å². The van der Waals surface area contributed by atoms with Crippen LogP contribution in [0.15, 0.2) is 12.3 Å². The monoisotopic (exact) mass is 203 g/mol. The number of hydrogen-bond donors (Lipinski definition) is 2. The fourth-order valence-electron chi connectivity index (χ4n) is 1.41. The second kappa shape index (κ2) is 4.24. The van der Waals surface area contributed by atoms with E-state index in [2.05, 4.69) is 15.3 Å². The molecule has 1 aliphatic rings. The van der Waals surface area contributed by atoms with Gasteiger partial charge in [0.05, 0.1) is 0 Å². The molecule has 15 heavy (non-hydrogen) atoms. The first-order valence-electron chi connectivity index (χ1n) is 5.02. The van der Waals surface area contributed by atoms with Crippen molar-refractivity contribution < 1.29 is 0 Å². The van der Waals surface area contributed by atoms with E-state index < -0.39 is 0 Å². The molecule has 3 N–H and O–H groups in total. The fourth-order valence-corrected chi connectivity index (χ4v) is 1.41. The molecular formula is C10H13N5. The summed E-state index contributed by atoms with van der Waals surface area (Å²) in [5, 5.41) is 11.7. The first-order valence-corrected chi connectivity index (χ1v) is 5.02. The Bertz CT molecular complexity index is 380. The fraction of sp³-hybridized carbons (Fsp3) is 0.500. The van der Waals surface area contributed by atoms with Crippen molar-refractivity contribution in [2.75, 3.05) is 11.9 Å². The van der Waals surface area contributed by atoms with Crippen molar-refractivity contribution >= 4 is 5.95 Å².